The lowest BCUT2D eigenvalue weighted by Crippen LogP contribution is -2.36. The molecule has 0 spiro atoms. The van der Waals surface area contributed by atoms with Crippen LogP contribution in [0, 0.1) is 0 Å². The van der Waals surface area contributed by atoms with Crippen molar-refractivity contribution < 1.29 is 9.59 Å². The van der Waals surface area contributed by atoms with Crippen molar-refractivity contribution in [1.29, 1.82) is 0 Å². The summed E-state index contributed by atoms with van der Waals surface area (Å²) in [4.78, 5) is 25.9. The fraction of sp³-hybridized carbons (Fsp3) is 0.176. The number of carbonyl (C=O) groups excluding carboxylic acids is 2. The molecular formula is C17H14BrClN2O2. The second-order valence-corrected chi connectivity index (χ2v) is 6.74. The first-order chi connectivity index (χ1) is 11.0. The SMILES string of the molecule is CC(=O)NC1C(=O)N(Cc2cccc(Cl)c2)c2ccc(Br)cc21. The zero-order chi connectivity index (χ0) is 16.6. The van der Waals surface area contributed by atoms with Crippen LogP contribution in [-0.2, 0) is 16.1 Å². The molecule has 2 amide bonds. The van der Waals surface area contributed by atoms with E-state index in [2.05, 4.69) is 21.2 Å². The zero-order valence-electron chi connectivity index (χ0n) is 12.3. The van der Waals surface area contributed by atoms with Gasteiger partial charge in [0, 0.05) is 27.7 Å². The van der Waals surface area contributed by atoms with E-state index in [-0.39, 0.29) is 11.8 Å². The summed E-state index contributed by atoms with van der Waals surface area (Å²) in [6, 6.07) is 12.4. The van der Waals surface area contributed by atoms with Crippen LogP contribution in [0.4, 0.5) is 5.69 Å². The summed E-state index contributed by atoms with van der Waals surface area (Å²) in [5.74, 6) is -0.382. The molecule has 4 nitrogen and oxygen atoms in total. The third kappa shape index (κ3) is 3.26. The Bertz CT molecular complexity index is 794. The molecule has 2 aromatic carbocycles. The van der Waals surface area contributed by atoms with E-state index in [4.69, 9.17) is 11.6 Å². The molecule has 1 N–H and O–H groups in total. The van der Waals surface area contributed by atoms with Crippen molar-refractivity contribution in [2.24, 2.45) is 0 Å². The highest BCUT2D eigenvalue weighted by Crippen LogP contribution is 2.38. The lowest BCUT2D eigenvalue weighted by atomic mass is 10.1. The molecular weight excluding hydrogens is 380 g/mol. The summed E-state index contributed by atoms with van der Waals surface area (Å²) in [5, 5.41) is 3.35. The molecule has 1 aliphatic heterocycles. The predicted octanol–water partition coefficient (Wildman–Crippen LogP) is 3.83. The first-order valence-electron chi connectivity index (χ1n) is 7.08. The van der Waals surface area contributed by atoms with Crippen molar-refractivity contribution in [3.8, 4) is 0 Å². The number of hydrogen-bond acceptors (Lipinski definition) is 2. The lowest BCUT2D eigenvalue weighted by molar-refractivity contribution is -0.126. The van der Waals surface area contributed by atoms with Gasteiger partial charge in [0.25, 0.3) is 5.91 Å². The Morgan fingerprint density at radius 1 is 1.30 bits per heavy atom. The van der Waals surface area contributed by atoms with Gasteiger partial charge in [0.2, 0.25) is 5.91 Å². The summed E-state index contributed by atoms with van der Waals surface area (Å²) in [6.07, 6.45) is 0. The zero-order valence-corrected chi connectivity index (χ0v) is 14.7. The molecule has 0 aromatic heterocycles. The van der Waals surface area contributed by atoms with E-state index in [0.717, 1.165) is 21.3 Å². The number of rotatable bonds is 3. The molecule has 1 atom stereocenters. The maximum absolute atomic E-state index is 12.8. The van der Waals surface area contributed by atoms with Crippen LogP contribution in [0.25, 0.3) is 0 Å². The topological polar surface area (TPSA) is 49.4 Å². The maximum Gasteiger partial charge on any atom is 0.254 e. The van der Waals surface area contributed by atoms with Crippen LogP contribution in [0.3, 0.4) is 0 Å². The van der Waals surface area contributed by atoms with Gasteiger partial charge < -0.3 is 10.2 Å². The average Bonchev–Trinajstić information content (AvgIpc) is 2.72. The number of halogens is 2. The molecule has 1 unspecified atom stereocenters. The Hall–Kier alpha value is -1.85. The molecule has 0 radical (unpaired) electrons. The van der Waals surface area contributed by atoms with Crippen LogP contribution in [0.15, 0.2) is 46.9 Å². The van der Waals surface area contributed by atoms with Gasteiger partial charge in [0.1, 0.15) is 6.04 Å². The van der Waals surface area contributed by atoms with Gasteiger partial charge in [-0.05, 0) is 35.9 Å². The second-order valence-electron chi connectivity index (χ2n) is 5.39. The molecule has 118 valence electrons. The van der Waals surface area contributed by atoms with Gasteiger partial charge in [-0.2, -0.15) is 0 Å². The fourth-order valence-electron chi connectivity index (χ4n) is 2.73. The number of carbonyl (C=O) groups is 2. The molecule has 0 saturated carbocycles. The van der Waals surface area contributed by atoms with Crippen molar-refractivity contribution in [3.05, 3.63) is 63.1 Å². The molecule has 0 fully saturated rings. The van der Waals surface area contributed by atoms with Crippen LogP contribution in [0.5, 0.6) is 0 Å². The molecule has 3 rings (SSSR count). The quantitative estimate of drug-likeness (QED) is 0.861. The molecule has 23 heavy (non-hydrogen) atoms. The number of benzene rings is 2. The Labute approximate surface area is 147 Å². The number of amides is 2. The van der Waals surface area contributed by atoms with Gasteiger partial charge in [0.15, 0.2) is 0 Å². The van der Waals surface area contributed by atoms with Gasteiger partial charge in [-0.1, -0.05) is 39.7 Å². The Morgan fingerprint density at radius 3 is 2.78 bits per heavy atom. The van der Waals surface area contributed by atoms with Crippen molar-refractivity contribution in [2.75, 3.05) is 4.90 Å². The minimum absolute atomic E-state index is 0.145. The Morgan fingerprint density at radius 2 is 2.09 bits per heavy atom. The second kappa shape index (κ2) is 6.34. The molecule has 2 aromatic rings. The van der Waals surface area contributed by atoms with Crippen LogP contribution < -0.4 is 10.2 Å². The summed E-state index contributed by atoms with van der Waals surface area (Å²) >= 11 is 9.43. The van der Waals surface area contributed by atoms with Crippen molar-refractivity contribution >= 4 is 45.0 Å². The Balaban J connectivity index is 1.98. The first kappa shape index (κ1) is 16.0. The predicted molar refractivity (Wildman–Crippen MR) is 93.3 cm³/mol. The number of nitrogens with one attached hydrogen (secondary N) is 1. The fourth-order valence-corrected chi connectivity index (χ4v) is 3.33. The molecule has 1 aliphatic rings. The minimum Gasteiger partial charge on any atom is -0.341 e. The normalized spacial score (nSPS) is 16.4. The summed E-state index contributed by atoms with van der Waals surface area (Å²) in [6.45, 7) is 1.81. The van der Waals surface area contributed by atoms with E-state index >= 15 is 0 Å². The van der Waals surface area contributed by atoms with Gasteiger partial charge in [-0.3, -0.25) is 9.59 Å². The monoisotopic (exact) mass is 392 g/mol. The molecule has 0 aliphatic carbocycles. The van der Waals surface area contributed by atoms with E-state index in [1.165, 1.54) is 6.92 Å². The Kier molecular flexibility index (Phi) is 4.41. The van der Waals surface area contributed by atoms with E-state index in [1.54, 1.807) is 11.0 Å². The van der Waals surface area contributed by atoms with Gasteiger partial charge in [-0.15, -0.1) is 0 Å². The van der Waals surface area contributed by atoms with Crippen molar-refractivity contribution in [1.82, 2.24) is 5.32 Å². The molecule has 6 heteroatoms. The first-order valence-corrected chi connectivity index (χ1v) is 8.25. The van der Waals surface area contributed by atoms with E-state index in [9.17, 15) is 9.59 Å². The van der Waals surface area contributed by atoms with Gasteiger partial charge in [0.05, 0.1) is 6.54 Å². The number of nitrogens with zero attached hydrogens (tertiary/aromatic N) is 1. The van der Waals surface area contributed by atoms with Crippen LogP contribution in [0.2, 0.25) is 5.02 Å². The third-order valence-electron chi connectivity index (χ3n) is 3.68. The molecule has 0 bridgehead atoms. The molecule has 1 heterocycles. The smallest absolute Gasteiger partial charge is 0.254 e. The van der Waals surface area contributed by atoms with Crippen LogP contribution >= 0.6 is 27.5 Å². The van der Waals surface area contributed by atoms with E-state index in [1.807, 2.05) is 36.4 Å². The average molecular weight is 394 g/mol. The highest BCUT2D eigenvalue weighted by molar-refractivity contribution is 9.10. The van der Waals surface area contributed by atoms with Crippen LogP contribution in [0.1, 0.15) is 24.1 Å². The lowest BCUT2D eigenvalue weighted by Gasteiger charge is -2.18. The largest absolute Gasteiger partial charge is 0.341 e. The third-order valence-corrected chi connectivity index (χ3v) is 4.41. The minimum atomic E-state index is -0.654. The highest BCUT2D eigenvalue weighted by Gasteiger charge is 2.37. The van der Waals surface area contributed by atoms with Crippen molar-refractivity contribution in [3.63, 3.8) is 0 Å². The summed E-state index contributed by atoms with van der Waals surface area (Å²) in [7, 11) is 0. The number of anilines is 1. The van der Waals surface area contributed by atoms with Crippen LogP contribution in [-0.4, -0.2) is 11.8 Å². The number of fused-ring (bicyclic) bond motifs is 1. The van der Waals surface area contributed by atoms with Gasteiger partial charge in [-0.25, -0.2) is 0 Å². The number of hydrogen-bond donors (Lipinski definition) is 1. The molecule has 0 saturated heterocycles. The highest BCUT2D eigenvalue weighted by atomic mass is 79.9. The maximum atomic E-state index is 12.8. The summed E-state index contributed by atoms with van der Waals surface area (Å²) in [5.41, 5.74) is 2.53. The van der Waals surface area contributed by atoms with E-state index < -0.39 is 6.04 Å². The van der Waals surface area contributed by atoms with E-state index in [0.29, 0.717) is 11.6 Å². The summed E-state index contributed by atoms with van der Waals surface area (Å²) < 4.78 is 0.865. The van der Waals surface area contributed by atoms with Gasteiger partial charge >= 0.3 is 0 Å². The van der Waals surface area contributed by atoms with Crippen molar-refractivity contribution in [2.45, 2.75) is 19.5 Å². The standard InChI is InChI=1S/C17H14BrClN2O2/c1-10(22)20-16-14-8-12(18)5-6-15(14)21(17(16)23)9-11-3-2-4-13(19)7-11/h2-8,16H,9H2,1H3,(H,20,22).